The molecule has 1 aliphatic carbocycles. The average Bonchev–Trinajstić information content (AvgIpc) is 2.97. The van der Waals surface area contributed by atoms with Crippen LogP contribution < -0.4 is 10.6 Å². The van der Waals surface area contributed by atoms with Crippen LogP contribution in [0.5, 0.6) is 0 Å². The lowest BCUT2D eigenvalue weighted by Crippen LogP contribution is -2.36. The highest BCUT2D eigenvalue weighted by Crippen LogP contribution is 2.44. The van der Waals surface area contributed by atoms with Crippen LogP contribution in [0.2, 0.25) is 0 Å². The third-order valence-corrected chi connectivity index (χ3v) is 7.84. The van der Waals surface area contributed by atoms with Crippen molar-refractivity contribution in [3.05, 3.63) is 107 Å². The van der Waals surface area contributed by atoms with Crippen LogP contribution in [0.4, 0.5) is 13.2 Å². The fourth-order valence-corrected chi connectivity index (χ4v) is 5.56. The first-order valence-electron chi connectivity index (χ1n) is 14.5. The van der Waals surface area contributed by atoms with Crippen molar-refractivity contribution in [2.24, 2.45) is 11.8 Å². The molecular formula is C34H43F3N2O. The van der Waals surface area contributed by atoms with E-state index in [4.69, 9.17) is 0 Å². The smallest absolute Gasteiger partial charge is 0.355 e. The summed E-state index contributed by atoms with van der Waals surface area (Å²) in [6.45, 7) is 6.15. The van der Waals surface area contributed by atoms with Gasteiger partial charge in [-0.1, -0.05) is 86.1 Å². The van der Waals surface area contributed by atoms with Crippen molar-refractivity contribution in [2.75, 3.05) is 19.6 Å². The molecule has 6 heteroatoms. The number of halogens is 3. The van der Waals surface area contributed by atoms with Gasteiger partial charge in [0.2, 0.25) is 5.91 Å². The van der Waals surface area contributed by atoms with Gasteiger partial charge >= 0.3 is 6.18 Å². The van der Waals surface area contributed by atoms with Crippen molar-refractivity contribution in [1.29, 1.82) is 0 Å². The van der Waals surface area contributed by atoms with E-state index in [-0.39, 0.29) is 11.8 Å². The van der Waals surface area contributed by atoms with E-state index in [9.17, 15) is 18.0 Å². The molecule has 3 atom stereocenters. The summed E-state index contributed by atoms with van der Waals surface area (Å²) in [5.41, 5.74) is 2.41. The van der Waals surface area contributed by atoms with E-state index in [2.05, 4.69) is 17.6 Å². The van der Waals surface area contributed by atoms with Gasteiger partial charge in [-0.2, -0.15) is 13.2 Å². The summed E-state index contributed by atoms with van der Waals surface area (Å²) in [5, 5.41) is 6.41. The van der Waals surface area contributed by atoms with Crippen LogP contribution in [0.15, 0.2) is 84.9 Å². The number of alkyl halides is 3. The number of hydrogen-bond donors (Lipinski definition) is 2. The first kappa shape index (κ1) is 31.4. The van der Waals surface area contributed by atoms with Gasteiger partial charge in [-0.25, -0.2) is 0 Å². The van der Waals surface area contributed by atoms with Crippen molar-refractivity contribution < 1.29 is 18.0 Å². The Morgan fingerprint density at radius 2 is 1.55 bits per heavy atom. The van der Waals surface area contributed by atoms with Crippen LogP contribution in [0, 0.1) is 18.8 Å². The van der Waals surface area contributed by atoms with Crippen molar-refractivity contribution >= 4 is 5.91 Å². The molecule has 3 aromatic carbocycles. The number of benzene rings is 3. The normalized spacial score (nSPS) is 18.9. The predicted molar refractivity (Wildman–Crippen MR) is 157 cm³/mol. The lowest BCUT2D eigenvalue weighted by Gasteiger charge is -2.37. The van der Waals surface area contributed by atoms with Gasteiger partial charge < -0.3 is 10.6 Å². The average molecular weight is 553 g/mol. The van der Waals surface area contributed by atoms with Crippen LogP contribution in [-0.2, 0) is 17.4 Å². The molecule has 0 aliphatic heterocycles. The highest BCUT2D eigenvalue weighted by atomic mass is 19.4. The van der Waals surface area contributed by atoms with E-state index in [1.807, 2.05) is 73.7 Å². The van der Waals surface area contributed by atoms with Crippen molar-refractivity contribution in [1.82, 2.24) is 10.6 Å². The molecule has 1 saturated carbocycles. The monoisotopic (exact) mass is 552 g/mol. The SMILES string of the molecule is CCC1CCC(CNCCNC(=O)CCc2ccccc2)CC1c1cc(C(F)(F)F)ccc1C.c1ccccc1. The number of rotatable bonds is 10. The Morgan fingerprint density at radius 1 is 0.900 bits per heavy atom. The molecule has 0 bridgehead atoms. The molecule has 216 valence electrons. The summed E-state index contributed by atoms with van der Waals surface area (Å²) in [5.74, 6) is 1.05. The zero-order valence-electron chi connectivity index (χ0n) is 23.7. The van der Waals surface area contributed by atoms with Crippen LogP contribution in [0.3, 0.4) is 0 Å². The van der Waals surface area contributed by atoms with E-state index >= 15 is 0 Å². The summed E-state index contributed by atoms with van der Waals surface area (Å²) in [6.07, 6.45) is 0.904. The van der Waals surface area contributed by atoms with Crippen molar-refractivity contribution in [2.45, 2.75) is 64.5 Å². The maximum atomic E-state index is 13.3. The molecule has 0 spiro atoms. The number of nitrogens with one attached hydrogen (secondary N) is 2. The summed E-state index contributed by atoms with van der Waals surface area (Å²) >= 11 is 0. The Morgan fingerprint density at radius 3 is 2.17 bits per heavy atom. The number of carbonyl (C=O) groups excluding carboxylic acids is 1. The molecule has 0 saturated heterocycles. The summed E-state index contributed by atoms with van der Waals surface area (Å²) < 4.78 is 39.9. The van der Waals surface area contributed by atoms with Gasteiger partial charge in [0.25, 0.3) is 0 Å². The Bertz CT molecular complexity index is 1110. The first-order valence-corrected chi connectivity index (χ1v) is 14.5. The minimum Gasteiger partial charge on any atom is -0.355 e. The van der Waals surface area contributed by atoms with Gasteiger partial charge in [0.05, 0.1) is 5.56 Å². The minimum absolute atomic E-state index is 0.0502. The second kappa shape index (κ2) is 16.2. The lowest BCUT2D eigenvalue weighted by molar-refractivity contribution is -0.137. The van der Waals surface area contributed by atoms with Crippen LogP contribution >= 0.6 is 0 Å². The maximum absolute atomic E-state index is 13.3. The zero-order chi connectivity index (χ0) is 28.8. The largest absolute Gasteiger partial charge is 0.416 e. The molecule has 1 amide bonds. The summed E-state index contributed by atoms with van der Waals surface area (Å²) in [4.78, 5) is 12.1. The van der Waals surface area contributed by atoms with Gasteiger partial charge in [-0.15, -0.1) is 0 Å². The fraction of sp³-hybridized carbons (Fsp3) is 0.441. The van der Waals surface area contributed by atoms with Crippen molar-refractivity contribution in [3.63, 3.8) is 0 Å². The molecule has 2 N–H and O–H groups in total. The molecule has 0 radical (unpaired) electrons. The van der Waals surface area contributed by atoms with Crippen LogP contribution in [0.25, 0.3) is 0 Å². The molecule has 0 aromatic heterocycles. The molecule has 4 rings (SSSR count). The third-order valence-electron chi connectivity index (χ3n) is 7.84. The minimum atomic E-state index is -4.31. The van der Waals surface area contributed by atoms with Crippen LogP contribution in [0.1, 0.15) is 67.2 Å². The van der Waals surface area contributed by atoms with Gasteiger partial charge in [0.1, 0.15) is 0 Å². The Hall–Kier alpha value is -3.12. The van der Waals surface area contributed by atoms with Crippen molar-refractivity contribution in [3.8, 4) is 0 Å². The maximum Gasteiger partial charge on any atom is 0.416 e. The van der Waals surface area contributed by atoms with Crippen LogP contribution in [-0.4, -0.2) is 25.5 Å². The first-order chi connectivity index (χ1) is 19.3. The second-order valence-corrected chi connectivity index (χ2v) is 10.7. The predicted octanol–water partition coefficient (Wildman–Crippen LogP) is 7.95. The zero-order valence-corrected chi connectivity index (χ0v) is 23.7. The number of aryl methyl sites for hydroxylation is 2. The quantitative estimate of drug-likeness (QED) is 0.251. The number of amides is 1. The summed E-state index contributed by atoms with van der Waals surface area (Å²) in [7, 11) is 0. The molecule has 0 heterocycles. The fourth-order valence-electron chi connectivity index (χ4n) is 5.56. The number of carbonyl (C=O) groups is 1. The van der Waals surface area contributed by atoms with E-state index in [0.29, 0.717) is 31.3 Å². The molecule has 1 fully saturated rings. The highest BCUT2D eigenvalue weighted by molar-refractivity contribution is 5.76. The van der Waals surface area contributed by atoms with Gasteiger partial charge in [-0.3, -0.25) is 4.79 Å². The number of hydrogen-bond acceptors (Lipinski definition) is 2. The Labute approximate surface area is 237 Å². The van der Waals surface area contributed by atoms with Gasteiger partial charge in [-0.05, 0) is 85.7 Å². The van der Waals surface area contributed by atoms with E-state index in [1.54, 1.807) is 6.07 Å². The second-order valence-electron chi connectivity index (χ2n) is 10.7. The third kappa shape index (κ3) is 10.5. The Balaban J connectivity index is 0.000000649. The molecule has 3 aromatic rings. The molecule has 40 heavy (non-hydrogen) atoms. The van der Waals surface area contributed by atoms with E-state index in [1.165, 1.54) is 12.1 Å². The molecule has 3 unspecified atom stereocenters. The molecule has 3 nitrogen and oxygen atoms in total. The molecular weight excluding hydrogens is 509 g/mol. The lowest BCUT2D eigenvalue weighted by atomic mass is 9.69. The summed E-state index contributed by atoms with van der Waals surface area (Å²) in [6, 6.07) is 26.2. The standard InChI is InChI=1S/C28H37F3N2O.C6H6/c1-3-23-12-10-22(17-26(23)25-18-24(28(29,30)31)13-9-20(25)2)19-32-15-16-33-27(34)14-11-21-7-5-4-6-8-21;1-2-4-6-5-3-1/h4-9,13,18,22-23,26,32H,3,10-12,14-17,19H2,1-2H3,(H,33,34);1-6H. The van der Waals surface area contributed by atoms with E-state index in [0.717, 1.165) is 55.3 Å². The van der Waals surface area contributed by atoms with Gasteiger partial charge in [0, 0.05) is 19.5 Å². The molecule has 1 aliphatic rings. The Kier molecular flexibility index (Phi) is 12.7. The highest BCUT2D eigenvalue weighted by Gasteiger charge is 2.35. The van der Waals surface area contributed by atoms with Gasteiger partial charge in [0.15, 0.2) is 0 Å². The topological polar surface area (TPSA) is 41.1 Å². The van der Waals surface area contributed by atoms with E-state index < -0.39 is 11.7 Å².